The predicted molar refractivity (Wildman–Crippen MR) is 80.0 cm³/mol. The molecule has 5 heteroatoms. The molecule has 122 valence electrons. The molecule has 0 bridgehead atoms. The largest absolute Gasteiger partial charge is 0.394 e. The second kappa shape index (κ2) is 10.6. The van der Waals surface area contributed by atoms with Gasteiger partial charge in [0.1, 0.15) is 0 Å². The molecule has 0 radical (unpaired) electrons. The topological polar surface area (TPSA) is 23.5 Å². The number of nitrogens with zero attached hydrogens (tertiary/aromatic N) is 1. The molecule has 0 aliphatic carbocycles. The lowest BCUT2D eigenvalue weighted by molar-refractivity contribution is -0.110. The van der Waals surface area contributed by atoms with Gasteiger partial charge in [-0.3, -0.25) is 4.90 Å². The lowest BCUT2D eigenvalue weighted by Gasteiger charge is -2.13. The van der Waals surface area contributed by atoms with Gasteiger partial charge in [-0.2, -0.15) is 13.2 Å². The highest BCUT2D eigenvalue weighted by molar-refractivity contribution is 5.14. The van der Waals surface area contributed by atoms with Gasteiger partial charge in [0, 0.05) is 19.6 Å². The van der Waals surface area contributed by atoms with Gasteiger partial charge in [-0.15, -0.1) is 0 Å². The van der Waals surface area contributed by atoms with Crippen LogP contribution >= 0.6 is 0 Å². The van der Waals surface area contributed by atoms with E-state index in [2.05, 4.69) is 35.2 Å². The Morgan fingerprint density at radius 1 is 1.10 bits per heavy atom. The average Bonchev–Trinajstić information content (AvgIpc) is 2.80. The molecule has 1 heterocycles. The van der Waals surface area contributed by atoms with Gasteiger partial charge in [-0.05, 0) is 45.3 Å². The Bertz CT molecular complexity index is 338. The molecule has 1 aromatic carbocycles. The monoisotopic (exact) mass is 305 g/mol. The minimum absolute atomic E-state index is 0.167. The molecule has 0 spiro atoms. The van der Waals surface area contributed by atoms with Crippen molar-refractivity contribution in [1.82, 2.24) is 4.90 Å². The summed E-state index contributed by atoms with van der Waals surface area (Å²) in [6.45, 7) is 7.34. The van der Waals surface area contributed by atoms with Crippen LogP contribution in [0.25, 0.3) is 0 Å². The third-order valence-electron chi connectivity index (χ3n) is 2.45. The molecule has 0 unspecified atom stereocenters. The first kappa shape index (κ1) is 19.9. The third kappa shape index (κ3) is 16.9. The fourth-order valence-electron chi connectivity index (χ4n) is 1.78. The van der Waals surface area contributed by atoms with Crippen LogP contribution in [-0.4, -0.2) is 35.4 Å². The second-order valence-corrected chi connectivity index (χ2v) is 5.34. The van der Waals surface area contributed by atoms with Crippen LogP contribution in [0.1, 0.15) is 39.2 Å². The summed E-state index contributed by atoms with van der Waals surface area (Å²) >= 11 is 0. The van der Waals surface area contributed by atoms with E-state index < -0.39 is 6.18 Å². The average molecular weight is 305 g/mol. The number of rotatable bonds is 2. The summed E-state index contributed by atoms with van der Waals surface area (Å²) < 4.78 is 31.1. The molecule has 1 N–H and O–H groups in total. The Kier molecular flexibility index (Phi) is 10.1. The van der Waals surface area contributed by atoms with E-state index in [-0.39, 0.29) is 13.0 Å². The van der Waals surface area contributed by atoms with E-state index in [0.29, 0.717) is 0 Å². The Morgan fingerprint density at radius 2 is 1.48 bits per heavy atom. The van der Waals surface area contributed by atoms with Gasteiger partial charge in [0.15, 0.2) is 0 Å². The minimum atomic E-state index is -4.00. The molecule has 21 heavy (non-hydrogen) atoms. The van der Waals surface area contributed by atoms with Crippen molar-refractivity contribution < 1.29 is 18.3 Å². The number of alkyl halides is 3. The number of likely N-dealkylation sites (tertiary alicyclic amines) is 1. The van der Waals surface area contributed by atoms with E-state index in [9.17, 15) is 13.2 Å². The number of aliphatic hydroxyl groups excluding tert-OH is 1. The Balaban J connectivity index is 0.000000374. The van der Waals surface area contributed by atoms with Crippen LogP contribution in [0.3, 0.4) is 0 Å². The van der Waals surface area contributed by atoms with Crippen molar-refractivity contribution in [2.24, 2.45) is 0 Å². The molecule has 0 amide bonds. The van der Waals surface area contributed by atoms with Gasteiger partial charge in [0.25, 0.3) is 0 Å². The van der Waals surface area contributed by atoms with Crippen LogP contribution in [0.5, 0.6) is 0 Å². The highest BCUT2D eigenvalue weighted by Crippen LogP contribution is 2.11. The summed E-state index contributed by atoms with van der Waals surface area (Å²) in [6.07, 6.45) is -1.40. The van der Waals surface area contributed by atoms with Crippen molar-refractivity contribution in [3.8, 4) is 0 Å². The number of benzene rings is 1. The van der Waals surface area contributed by atoms with Crippen LogP contribution in [0.2, 0.25) is 0 Å². The standard InChI is InChI=1S/C11H15N.C3H8O.C2H3F3/c1-2-6-11(7-3-1)10-12-8-4-5-9-12;1-3(2)4;1-2(3,4)5/h1-3,6-7H,4-5,8-10H2;3-4H,1-2H3;1H3. The van der Waals surface area contributed by atoms with E-state index >= 15 is 0 Å². The van der Waals surface area contributed by atoms with Crippen LogP contribution < -0.4 is 0 Å². The Morgan fingerprint density at radius 3 is 1.86 bits per heavy atom. The third-order valence-corrected chi connectivity index (χ3v) is 2.45. The smallest absolute Gasteiger partial charge is 0.386 e. The molecule has 0 aromatic heterocycles. The minimum Gasteiger partial charge on any atom is -0.394 e. The van der Waals surface area contributed by atoms with Crippen LogP contribution in [0, 0.1) is 0 Å². The van der Waals surface area contributed by atoms with Crippen LogP contribution in [-0.2, 0) is 6.54 Å². The van der Waals surface area contributed by atoms with Crippen LogP contribution in [0.4, 0.5) is 13.2 Å². The molecule has 0 atom stereocenters. The van der Waals surface area contributed by atoms with Crippen LogP contribution in [0.15, 0.2) is 30.3 Å². The number of hydrogen-bond donors (Lipinski definition) is 1. The molecule has 1 fully saturated rings. The van der Waals surface area contributed by atoms with E-state index in [1.807, 2.05) is 0 Å². The van der Waals surface area contributed by atoms with Crippen molar-refractivity contribution in [2.75, 3.05) is 13.1 Å². The van der Waals surface area contributed by atoms with Crippen molar-refractivity contribution in [1.29, 1.82) is 0 Å². The number of halogens is 3. The zero-order valence-electron chi connectivity index (χ0n) is 13.0. The first-order chi connectivity index (χ1) is 9.68. The summed E-state index contributed by atoms with van der Waals surface area (Å²) in [4.78, 5) is 2.52. The molecule has 2 nitrogen and oxygen atoms in total. The predicted octanol–water partition coefficient (Wildman–Crippen LogP) is 4.24. The molecule has 1 aliphatic rings. The quantitative estimate of drug-likeness (QED) is 0.883. The maximum atomic E-state index is 10.4. The Hall–Kier alpha value is -1.07. The van der Waals surface area contributed by atoms with E-state index in [0.717, 1.165) is 6.54 Å². The van der Waals surface area contributed by atoms with E-state index in [4.69, 9.17) is 5.11 Å². The second-order valence-electron chi connectivity index (χ2n) is 5.34. The van der Waals surface area contributed by atoms with Gasteiger partial charge < -0.3 is 5.11 Å². The summed E-state index contributed by atoms with van der Waals surface area (Å²) in [5, 5.41) is 8.06. The fraction of sp³-hybridized carbons (Fsp3) is 0.625. The van der Waals surface area contributed by atoms with Gasteiger partial charge in [-0.1, -0.05) is 30.3 Å². The lowest BCUT2D eigenvalue weighted by Crippen LogP contribution is -2.18. The lowest BCUT2D eigenvalue weighted by atomic mass is 10.2. The maximum absolute atomic E-state index is 10.4. The molecule has 1 aliphatic heterocycles. The summed E-state index contributed by atoms with van der Waals surface area (Å²) in [6, 6.07) is 10.7. The molecular formula is C16H26F3NO. The SMILES string of the molecule is CC(C)O.CC(F)(F)F.c1ccc(CN2CCCC2)cc1. The molecule has 2 rings (SSSR count). The zero-order chi connectivity index (χ0) is 16.3. The van der Waals surface area contributed by atoms with Crippen molar-refractivity contribution in [3.05, 3.63) is 35.9 Å². The van der Waals surface area contributed by atoms with Gasteiger partial charge in [0.05, 0.1) is 0 Å². The van der Waals surface area contributed by atoms with Crippen molar-refractivity contribution in [2.45, 2.75) is 52.4 Å². The zero-order valence-corrected chi connectivity index (χ0v) is 13.0. The van der Waals surface area contributed by atoms with E-state index in [1.54, 1.807) is 13.8 Å². The summed E-state index contributed by atoms with van der Waals surface area (Å²) in [5.41, 5.74) is 1.44. The first-order valence-corrected chi connectivity index (χ1v) is 7.19. The summed E-state index contributed by atoms with van der Waals surface area (Å²) in [5.74, 6) is 0. The molecule has 1 aromatic rings. The normalized spacial score (nSPS) is 15.0. The molecule has 1 saturated heterocycles. The number of hydrogen-bond acceptors (Lipinski definition) is 2. The first-order valence-electron chi connectivity index (χ1n) is 7.19. The fourth-order valence-corrected chi connectivity index (χ4v) is 1.78. The van der Waals surface area contributed by atoms with Crippen molar-refractivity contribution in [3.63, 3.8) is 0 Å². The maximum Gasteiger partial charge on any atom is 0.386 e. The Labute approximate surface area is 125 Å². The molecule has 0 saturated carbocycles. The van der Waals surface area contributed by atoms with Gasteiger partial charge in [-0.25, -0.2) is 0 Å². The van der Waals surface area contributed by atoms with E-state index in [1.165, 1.54) is 31.5 Å². The summed E-state index contributed by atoms with van der Waals surface area (Å²) in [7, 11) is 0. The highest BCUT2D eigenvalue weighted by Gasteiger charge is 2.15. The number of aliphatic hydroxyl groups is 1. The highest BCUT2D eigenvalue weighted by atomic mass is 19.4. The van der Waals surface area contributed by atoms with Gasteiger partial charge in [0.2, 0.25) is 0 Å². The molecular weight excluding hydrogens is 279 g/mol. The van der Waals surface area contributed by atoms with Crippen molar-refractivity contribution >= 4 is 0 Å². The van der Waals surface area contributed by atoms with Gasteiger partial charge >= 0.3 is 6.18 Å².